The standard InChI is InChI=1S/C17H18N2O2S/c1-11-3-4-14(9-12(11)2)18-17(20)19-22-15-5-6-16-13(10-15)7-8-21-16/h3-6,9-10H,7-8H2,1-2H3,(H2,18,19,20). The number of benzene rings is 2. The van der Waals surface area contributed by atoms with Crippen molar-refractivity contribution in [2.45, 2.75) is 25.2 Å². The van der Waals surface area contributed by atoms with Gasteiger partial charge in [-0.05, 0) is 72.8 Å². The molecule has 0 aliphatic carbocycles. The fourth-order valence-electron chi connectivity index (χ4n) is 2.31. The van der Waals surface area contributed by atoms with Gasteiger partial charge in [0.25, 0.3) is 0 Å². The molecule has 22 heavy (non-hydrogen) atoms. The van der Waals surface area contributed by atoms with Crippen LogP contribution in [-0.4, -0.2) is 12.6 Å². The number of hydrogen-bond acceptors (Lipinski definition) is 3. The number of nitrogens with one attached hydrogen (secondary N) is 2. The van der Waals surface area contributed by atoms with Crippen molar-refractivity contribution in [1.29, 1.82) is 0 Å². The summed E-state index contributed by atoms with van der Waals surface area (Å²) in [6.07, 6.45) is 0.929. The van der Waals surface area contributed by atoms with Gasteiger partial charge < -0.3 is 10.1 Å². The molecule has 0 spiro atoms. The third-order valence-electron chi connectivity index (χ3n) is 3.69. The molecule has 0 fully saturated rings. The lowest BCUT2D eigenvalue weighted by Crippen LogP contribution is -2.22. The van der Waals surface area contributed by atoms with Crippen molar-refractivity contribution in [2.75, 3.05) is 11.9 Å². The molecule has 2 amide bonds. The monoisotopic (exact) mass is 314 g/mol. The molecule has 0 saturated carbocycles. The summed E-state index contributed by atoms with van der Waals surface area (Å²) in [5.41, 5.74) is 4.36. The predicted octanol–water partition coefficient (Wildman–Crippen LogP) is 4.07. The topological polar surface area (TPSA) is 50.4 Å². The van der Waals surface area contributed by atoms with Crippen molar-refractivity contribution in [1.82, 2.24) is 4.72 Å². The maximum absolute atomic E-state index is 11.9. The summed E-state index contributed by atoms with van der Waals surface area (Å²) in [6.45, 7) is 4.82. The van der Waals surface area contributed by atoms with Gasteiger partial charge in [0.2, 0.25) is 0 Å². The third-order valence-corrected chi connectivity index (χ3v) is 4.46. The number of amides is 2. The van der Waals surface area contributed by atoms with Crippen LogP contribution in [0.4, 0.5) is 10.5 Å². The first-order chi connectivity index (χ1) is 10.6. The van der Waals surface area contributed by atoms with E-state index < -0.39 is 0 Å². The number of carbonyl (C=O) groups is 1. The van der Waals surface area contributed by atoms with E-state index in [0.29, 0.717) is 0 Å². The highest BCUT2D eigenvalue weighted by atomic mass is 32.2. The van der Waals surface area contributed by atoms with E-state index in [-0.39, 0.29) is 6.03 Å². The van der Waals surface area contributed by atoms with E-state index in [4.69, 9.17) is 4.74 Å². The van der Waals surface area contributed by atoms with Crippen LogP contribution in [0.1, 0.15) is 16.7 Å². The Balaban J connectivity index is 1.57. The van der Waals surface area contributed by atoms with Crippen LogP contribution in [0.15, 0.2) is 41.3 Å². The SMILES string of the molecule is Cc1ccc(NC(=O)NSc2ccc3c(c2)CCO3)cc1C. The summed E-state index contributed by atoms with van der Waals surface area (Å²) in [5, 5.41) is 2.84. The summed E-state index contributed by atoms with van der Waals surface area (Å²) in [5.74, 6) is 0.948. The van der Waals surface area contributed by atoms with Crippen LogP contribution < -0.4 is 14.8 Å². The fourth-order valence-corrected chi connectivity index (χ4v) is 2.91. The van der Waals surface area contributed by atoms with E-state index >= 15 is 0 Å². The molecule has 0 radical (unpaired) electrons. The third kappa shape index (κ3) is 3.36. The zero-order valence-corrected chi connectivity index (χ0v) is 13.4. The molecule has 0 bridgehead atoms. The fraction of sp³-hybridized carbons (Fsp3) is 0.235. The molecular formula is C17H18N2O2S. The van der Waals surface area contributed by atoms with Crippen molar-refractivity contribution in [2.24, 2.45) is 0 Å². The zero-order valence-electron chi connectivity index (χ0n) is 12.6. The number of carbonyl (C=O) groups excluding carboxylic acids is 1. The zero-order chi connectivity index (χ0) is 15.5. The highest BCUT2D eigenvalue weighted by Gasteiger charge is 2.12. The molecular weight excluding hydrogens is 296 g/mol. The molecule has 2 N–H and O–H groups in total. The second-order valence-electron chi connectivity index (χ2n) is 5.33. The molecule has 114 valence electrons. The van der Waals surface area contributed by atoms with E-state index in [1.807, 2.05) is 44.2 Å². The number of ether oxygens (including phenoxy) is 1. The molecule has 3 rings (SSSR count). The molecule has 0 aromatic heterocycles. The van der Waals surface area contributed by atoms with Gasteiger partial charge in [-0.25, -0.2) is 4.79 Å². The Morgan fingerprint density at radius 3 is 2.82 bits per heavy atom. The number of rotatable bonds is 3. The average molecular weight is 314 g/mol. The highest BCUT2D eigenvalue weighted by molar-refractivity contribution is 7.98. The summed E-state index contributed by atoms with van der Waals surface area (Å²) in [7, 11) is 0. The quantitative estimate of drug-likeness (QED) is 0.840. The number of fused-ring (bicyclic) bond motifs is 1. The Kier molecular flexibility index (Phi) is 4.24. The molecule has 1 aliphatic heterocycles. The molecule has 2 aromatic rings. The van der Waals surface area contributed by atoms with Crippen molar-refractivity contribution in [3.05, 3.63) is 53.1 Å². The molecule has 2 aromatic carbocycles. The summed E-state index contributed by atoms with van der Waals surface area (Å²) in [4.78, 5) is 12.9. The first kappa shape index (κ1) is 14.8. The highest BCUT2D eigenvalue weighted by Crippen LogP contribution is 2.29. The first-order valence-electron chi connectivity index (χ1n) is 7.18. The van der Waals surface area contributed by atoms with Gasteiger partial charge in [0, 0.05) is 17.0 Å². The molecule has 0 atom stereocenters. The Bertz CT molecular complexity index is 716. The van der Waals surface area contributed by atoms with Gasteiger partial charge in [0.1, 0.15) is 5.75 Å². The van der Waals surface area contributed by atoms with E-state index in [0.717, 1.165) is 34.9 Å². The minimum absolute atomic E-state index is 0.231. The Morgan fingerprint density at radius 1 is 1.14 bits per heavy atom. The first-order valence-corrected chi connectivity index (χ1v) is 8.00. The molecule has 4 nitrogen and oxygen atoms in total. The van der Waals surface area contributed by atoms with Crippen LogP contribution in [0.3, 0.4) is 0 Å². The molecule has 5 heteroatoms. The molecule has 1 aliphatic rings. The Morgan fingerprint density at radius 2 is 2.00 bits per heavy atom. The van der Waals surface area contributed by atoms with Crippen LogP contribution in [0.2, 0.25) is 0 Å². The maximum atomic E-state index is 11.9. The van der Waals surface area contributed by atoms with Crippen LogP contribution >= 0.6 is 11.9 Å². The molecule has 0 saturated heterocycles. The molecule has 0 unspecified atom stereocenters. The van der Waals surface area contributed by atoms with Gasteiger partial charge in [0.05, 0.1) is 6.61 Å². The van der Waals surface area contributed by atoms with Gasteiger partial charge in [-0.1, -0.05) is 6.07 Å². The van der Waals surface area contributed by atoms with Crippen LogP contribution in [-0.2, 0) is 6.42 Å². The van der Waals surface area contributed by atoms with E-state index in [2.05, 4.69) is 16.1 Å². The lowest BCUT2D eigenvalue weighted by atomic mass is 10.1. The second kappa shape index (κ2) is 6.32. The van der Waals surface area contributed by atoms with Crippen molar-refractivity contribution in [3.63, 3.8) is 0 Å². The van der Waals surface area contributed by atoms with Gasteiger partial charge in [-0.15, -0.1) is 0 Å². The average Bonchev–Trinajstić information content (AvgIpc) is 2.96. The van der Waals surface area contributed by atoms with E-state index in [1.54, 1.807) is 0 Å². The smallest absolute Gasteiger partial charge is 0.329 e. The lowest BCUT2D eigenvalue weighted by molar-refractivity contribution is 0.257. The van der Waals surface area contributed by atoms with Gasteiger partial charge >= 0.3 is 6.03 Å². The van der Waals surface area contributed by atoms with Crippen molar-refractivity contribution >= 4 is 23.7 Å². The minimum atomic E-state index is -0.231. The number of urea groups is 1. The van der Waals surface area contributed by atoms with E-state index in [9.17, 15) is 4.79 Å². The molecule has 1 heterocycles. The minimum Gasteiger partial charge on any atom is -0.493 e. The van der Waals surface area contributed by atoms with Crippen LogP contribution in [0.25, 0.3) is 0 Å². The Hall–Kier alpha value is -2.14. The van der Waals surface area contributed by atoms with Crippen LogP contribution in [0.5, 0.6) is 5.75 Å². The normalized spacial score (nSPS) is 12.5. The predicted molar refractivity (Wildman–Crippen MR) is 89.6 cm³/mol. The summed E-state index contributed by atoms with van der Waals surface area (Å²) in [6, 6.07) is 11.6. The maximum Gasteiger partial charge on any atom is 0.329 e. The van der Waals surface area contributed by atoms with Crippen molar-refractivity contribution < 1.29 is 9.53 Å². The summed E-state index contributed by atoms with van der Waals surface area (Å²) >= 11 is 1.30. The Labute approximate surface area is 134 Å². The van der Waals surface area contributed by atoms with Crippen LogP contribution in [0, 0.1) is 13.8 Å². The lowest BCUT2D eigenvalue weighted by Gasteiger charge is -2.09. The van der Waals surface area contributed by atoms with Crippen molar-refractivity contribution in [3.8, 4) is 5.75 Å². The number of hydrogen-bond donors (Lipinski definition) is 2. The number of aryl methyl sites for hydroxylation is 2. The summed E-state index contributed by atoms with van der Waals surface area (Å²) < 4.78 is 8.27. The van der Waals surface area contributed by atoms with Gasteiger partial charge in [-0.3, -0.25) is 4.72 Å². The van der Waals surface area contributed by atoms with E-state index in [1.165, 1.54) is 23.1 Å². The van der Waals surface area contributed by atoms with Gasteiger partial charge in [0.15, 0.2) is 0 Å². The largest absolute Gasteiger partial charge is 0.493 e. The second-order valence-corrected chi connectivity index (χ2v) is 6.20. The number of anilines is 1. The van der Waals surface area contributed by atoms with Gasteiger partial charge in [-0.2, -0.15) is 0 Å².